The van der Waals surface area contributed by atoms with E-state index in [1.807, 2.05) is 4.90 Å². The van der Waals surface area contributed by atoms with E-state index in [-0.39, 0.29) is 17.8 Å². The summed E-state index contributed by atoms with van der Waals surface area (Å²) >= 11 is 0. The zero-order valence-electron chi connectivity index (χ0n) is 12.9. The molecular formula is C15H27N3O3. The minimum Gasteiger partial charge on any atom is -0.409 e. The van der Waals surface area contributed by atoms with Crippen molar-refractivity contribution in [3.8, 4) is 0 Å². The van der Waals surface area contributed by atoms with Crippen LogP contribution >= 0.6 is 0 Å². The van der Waals surface area contributed by atoms with Crippen molar-refractivity contribution in [2.24, 2.45) is 16.3 Å². The monoisotopic (exact) mass is 297 g/mol. The van der Waals surface area contributed by atoms with E-state index in [4.69, 9.17) is 15.7 Å². The summed E-state index contributed by atoms with van der Waals surface area (Å²) in [7, 11) is 0. The summed E-state index contributed by atoms with van der Waals surface area (Å²) in [4.78, 5) is 15.2. The van der Waals surface area contributed by atoms with E-state index in [1.54, 1.807) is 0 Å². The fourth-order valence-corrected chi connectivity index (χ4v) is 3.54. The SMILES string of the molecule is CCC1CCCCCN1C(=O)C1(C(N)=NO)CCOCC1. The molecule has 2 heterocycles. The highest BCUT2D eigenvalue weighted by Crippen LogP contribution is 2.35. The Labute approximate surface area is 126 Å². The van der Waals surface area contributed by atoms with Crippen molar-refractivity contribution in [3.05, 3.63) is 0 Å². The Balaban J connectivity index is 2.27. The lowest BCUT2D eigenvalue weighted by Crippen LogP contribution is -2.56. The van der Waals surface area contributed by atoms with Gasteiger partial charge in [0.25, 0.3) is 0 Å². The molecule has 2 saturated heterocycles. The van der Waals surface area contributed by atoms with Crippen molar-refractivity contribution in [1.29, 1.82) is 0 Å². The number of carbonyl (C=O) groups is 1. The van der Waals surface area contributed by atoms with Gasteiger partial charge in [-0.3, -0.25) is 4.79 Å². The third-order valence-corrected chi connectivity index (χ3v) is 4.96. The summed E-state index contributed by atoms with van der Waals surface area (Å²) in [5.74, 6) is 0.0600. The molecule has 2 aliphatic heterocycles. The number of rotatable bonds is 3. The lowest BCUT2D eigenvalue weighted by molar-refractivity contribution is -0.145. The van der Waals surface area contributed by atoms with Crippen molar-refractivity contribution in [2.75, 3.05) is 19.8 Å². The molecule has 0 aromatic heterocycles. The summed E-state index contributed by atoms with van der Waals surface area (Å²) in [6, 6.07) is 0.270. The molecule has 1 amide bonds. The summed E-state index contributed by atoms with van der Waals surface area (Å²) < 4.78 is 5.37. The standard InChI is InChI=1S/C15H27N3O3/c1-2-12-6-4-3-5-9-18(12)14(19)15(13(16)17-20)7-10-21-11-8-15/h12,20H,2-11H2,1H3,(H2,16,17). The number of hydrogen-bond acceptors (Lipinski definition) is 4. The number of oxime groups is 1. The van der Waals surface area contributed by atoms with Gasteiger partial charge >= 0.3 is 0 Å². The predicted molar refractivity (Wildman–Crippen MR) is 80.2 cm³/mol. The average Bonchev–Trinajstić information content (AvgIpc) is 2.79. The Kier molecular flexibility index (Phi) is 5.45. The molecule has 1 unspecified atom stereocenters. The van der Waals surface area contributed by atoms with Gasteiger partial charge in [-0.2, -0.15) is 0 Å². The summed E-state index contributed by atoms with van der Waals surface area (Å²) in [5.41, 5.74) is 5.03. The van der Waals surface area contributed by atoms with E-state index < -0.39 is 5.41 Å². The maximum atomic E-state index is 13.2. The van der Waals surface area contributed by atoms with Crippen LogP contribution < -0.4 is 5.73 Å². The molecule has 6 heteroatoms. The van der Waals surface area contributed by atoms with Gasteiger partial charge in [-0.05, 0) is 32.1 Å². The second-order valence-corrected chi connectivity index (χ2v) is 6.09. The average molecular weight is 297 g/mol. The Morgan fingerprint density at radius 1 is 1.38 bits per heavy atom. The largest absolute Gasteiger partial charge is 0.409 e. The molecule has 0 aliphatic carbocycles. The molecule has 2 fully saturated rings. The molecule has 3 N–H and O–H groups in total. The van der Waals surface area contributed by atoms with Crippen LogP contribution in [0.15, 0.2) is 5.16 Å². The van der Waals surface area contributed by atoms with Gasteiger partial charge in [0.15, 0.2) is 5.84 Å². The first-order valence-electron chi connectivity index (χ1n) is 8.02. The molecule has 0 radical (unpaired) electrons. The van der Waals surface area contributed by atoms with Gasteiger partial charge in [-0.25, -0.2) is 0 Å². The highest BCUT2D eigenvalue weighted by molar-refractivity contribution is 6.07. The highest BCUT2D eigenvalue weighted by Gasteiger charge is 2.47. The second kappa shape index (κ2) is 7.11. The van der Waals surface area contributed by atoms with Crippen LogP contribution in [0, 0.1) is 5.41 Å². The van der Waals surface area contributed by atoms with Crippen LogP contribution in [-0.4, -0.2) is 47.7 Å². The predicted octanol–water partition coefficient (Wildman–Crippen LogP) is 1.71. The van der Waals surface area contributed by atoms with Gasteiger partial charge in [0.2, 0.25) is 5.91 Å². The van der Waals surface area contributed by atoms with Crippen molar-refractivity contribution in [1.82, 2.24) is 4.90 Å². The van der Waals surface area contributed by atoms with Gasteiger partial charge in [0.1, 0.15) is 5.41 Å². The van der Waals surface area contributed by atoms with E-state index in [1.165, 1.54) is 12.8 Å². The quantitative estimate of drug-likeness (QED) is 0.359. The molecule has 21 heavy (non-hydrogen) atoms. The fraction of sp³-hybridized carbons (Fsp3) is 0.867. The number of carbonyl (C=O) groups excluding carboxylic acids is 1. The lowest BCUT2D eigenvalue weighted by Gasteiger charge is -2.41. The molecule has 0 bridgehead atoms. The Bertz CT molecular complexity index is 392. The van der Waals surface area contributed by atoms with Gasteiger partial charge in [-0.1, -0.05) is 24.9 Å². The molecule has 0 spiro atoms. The number of nitrogens with two attached hydrogens (primary N) is 1. The maximum Gasteiger partial charge on any atom is 0.236 e. The second-order valence-electron chi connectivity index (χ2n) is 6.09. The van der Waals surface area contributed by atoms with E-state index in [2.05, 4.69) is 12.1 Å². The molecule has 0 aromatic carbocycles. The highest BCUT2D eigenvalue weighted by atomic mass is 16.5. The zero-order valence-corrected chi connectivity index (χ0v) is 12.9. The van der Waals surface area contributed by atoms with E-state index in [0.29, 0.717) is 26.1 Å². The third kappa shape index (κ3) is 3.15. The number of amidine groups is 1. The molecule has 6 nitrogen and oxygen atoms in total. The van der Waals surface area contributed by atoms with Crippen LogP contribution in [0.25, 0.3) is 0 Å². The first-order chi connectivity index (χ1) is 10.2. The molecule has 120 valence electrons. The topological polar surface area (TPSA) is 88.2 Å². The third-order valence-electron chi connectivity index (χ3n) is 4.96. The zero-order chi connectivity index (χ0) is 15.3. The molecular weight excluding hydrogens is 270 g/mol. The van der Waals surface area contributed by atoms with E-state index >= 15 is 0 Å². The lowest BCUT2D eigenvalue weighted by atomic mass is 9.77. The number of nitrogens with zero attached hydrogens (tertiary/aromatic N) is 2. The maximum absolute atomic E-state index is 13.2. The smallest absolute Gasteiger partial charge is 0.236 e. The molecule has 2 rings (SSSR count). The minimum absolute atomic E-state index is 0.0230. The van der Waals surface area contributed by atoms with Crippen molar-refractivity contribution in [3.63, 3.8) is 0 Å². The van der Waals surface area contributed by atoms with Gasteiger partial charge < -0.3 is 20.6 Å². The minimum atomic E-state index is -0.884. The number of ether oxygens (including phenoxy) is 1. The fourth-order valence-electron chi connectivity index (χ4n) is 3.54. The normalized spacial score (nSPS) is 27.2. The van der Waals surface area contributed by atoms with Crippen LogP contribution in [0.2, 0.25) is 0 Å². The van der Waals surface area contributed by atoms with Gasteiger partial charge in [0, 0.05) is 25.8 Å². The molecule has 1 atom stereocenters. The first kappa shape index (κ1) is 16.1. The Hall–Kier alpha value is -1.30. The summed E-state index contributed by atoms with van der Waals surface area (Å²) in [5, 5.41) is 12.3. The summed E-state index contributed by atoms with van der Waals surface area (Å²) in [6.45, 7) is 3.86. The number of hydrogen-bond donors (Lipinski definition) is 2. The van der Waals surface area contributed by atoms with Crippen molar-refractivity contribution < 1.29 is 14.7 Å². The Morgan fingerprint density at radius 3 is 2.71 bits per heavy atom. The van der Waals surface area contributed by atoms with Crippen LogP contribution in [0.4, 0.5) is 0 Å². The number of likely N-dealkylation sites (tertiary alicyclic amines) is 1. The van der Waals surface area contributed by atoms with Crippen LogP contribution in [0.5, 0.6) is 0 Å². The molecule has 0 aromatic rings. The van der Waals surface area contributed by atoms with Crippen LogP contribution in [0.1, 0.15) is 51.9 Å². The molecule has 0 saturated carbocycles. The van der Waals surface area contributed by atoms with Crippen molar-refractivity contribution in [2.45, 2.75) is 57.9 Å². The number of amides is 1. The van der Waals surface area contributed by atoms with Gasteiger partial charge in [0.05, 0.1) is 0 Å². The van der Waals surface area contributed by atoms with Crippen LogP contribution in [0.3, 0.4) is 0 Å². The Morgan fingerprint density at radius 2 is 2.10 bits per heavy atom. The van der Waals surface area contributed by atoms with E-state index in [0.717, 1.165) is 25.8 Å². The first-order valence-corrected chi connectivity index (χ1v) is 8.02. The van der Waals surface area contributed by atoms with Crippen LogP contribution in [-0.2, 0) is 9.53 Å². The molecule has 2 aliphatic rings. The van der Waals surface area contributed by atoms with Crippen molar-refractivity contribution >= 4 is 11.7 Å². The summed E-state index contributed by atoms with van der Waals surface area (Å²) in [6.07, 6.45) is 6.36. The van der Waals surface area contributed by atoms with E-state index in [9.17, 15) is 4.79 Å². The van der Waals surface area contributed by atoms with Gasteiger partial charge in [-0.15, -0.1) is 0 Å².